The summed E-state index contributed by atoms with van der Waals surface area (Å²) in [5, 5.41) is 10.0. The van der Waals surface area contributed by atoms with Gasteiger partial charge >= 0.3 is 5.97 Å². The van der Waals surface area contributed by atoms with Crippen LogP contribution >= 0.6 is 0 Å². The average Bonchev–Trinajstić information content (AvgIpc) is 2.90. The number of hydrogen-bond donors (Lipinski definition) is 0. The van der Waals surface area contributed by atoms with E-state index in [1.807, 2.05) is 42.5 Å². The van der Waals surface area contributed by atoms with Gasteiger partial charge in [0, 0.05) is 31.9 Å². The number of carbonyl (C=O) groups is 1. The Hall–Kier alpha value is -3.66. The maximum absolute atomic E-state index is 13.1. The number of carbonyl (C=O) groups excluding carboxylic acids is 1. The van der Waals surface area contributed by atoms with Gasteiger partial charge in [-0.3, -0.25) is 4.79 Å². The molecule has 2 aliphatic rings. The minimum absolute atomic E-state index is 0.108. The number of fused-ring (bicyclic) bond motifs is 1. The second kappa shape index (κ2) is 10.1. The van der Waals surface area contributed by atoms with Crippen LogP contribution in [0.4, 0.5) is 11.5 Å². The molecular formula is C27H29N5O2. The minimum atomic E-state index is -1.10. The Morgan fingerprint density at radius 1 is 0.882 bits per heavy atom. The van der Waals surface area contributed by atoms with Gasteiger partial charge < -0.3 is 14.5 Å². The highest BCUT2D eigenvalue weighted by molar-refractivity contribution is 5.85. The van der Waals surface area contributed by atoms with E-state index in [0.717, 1.165) is 57.4 Å². The summed E-state index contributed by atoms with van der Waals surface area (Å²) in [6.45, 7) is 3.10. The number of benzene rings is 2. The molecule has 1 aliphatic heterocycles. The Bertz CT molecular complexity index is 1180. The lowest BCUT2D eigenvalue weighted by Gasteiger charge is -2.37. The van der Waals surface area contributed by atoms with E-state index in [0.29, 0.717) is 17.0 Å². The third-order valence-electron chi connectivity index (χ3n) is 6.75. The normalized spacial score (nSPS) is 17.9. The number of piperazine rings is 1. The first-order valence-electron chi connectivity index (χ1n) is 12.1. The summed E-state index contributed by atoms with van der Waals surface area (Å²) in [6, 6.07) is 20.1. The molecule has 0 amide bonds. The first kappa shape index (κ1) is 22.1. The average molecular weight is 456 g/mol. The molecule has 0 bridgehead atoms. The molecule has 2 heterocycles. The Morgan fingerprint density at radius 2 is 1.50 bits per heavy atom. The van der Waals surface area contributed by atoms with Gasteiger partial charge in [0.15, 0.2) is 11.7 Å². The standard InChI is InChI=1S/C27H29N5O2/c28-19-22(27(33)34-21-11-5-2-6-12-21)25-26(30-24-14-8-7-13-23(24)29-25)32-17-15-31(16-18-32)20-9-3-1-4-10-20/h1,3-4,7-10,13-14,21-22H,2,5-6,11-12,15-18H2/t22-/m0/s1. The molecule has 1 saturated heterocycles. The Kier molecular flexibility index (Phi) is 6.57. The molecule has 2 fully saturated rings. The molecule has 34 heavy (non-hydrogen) atoms. The largest absolute Gasteiger partial charge is 0.461 e. The first-order valence-corrected chi connectivity index (χ1v) is 12.1. The van der Waals surface area contributed by atoms with Crippen molar-refractivity contribution in [3.8, 4) is 6.07 Å². The van der Waals surface area contributed by atoms with E-state index in [4.69, 9.17) is 14.7 Å². The fourth-order valence-corrected chi connectivity index (χ4v) is 4.89. The fraction of sp³-hybridized carbons (Fsp3) is 0.407. The van der Waals surface area contributed by atoms with Crippen molar-refractivity contribution >= 4 is 28.5 Å². The van der Waals surface area contributed by atoms with Gasteiger partial charge in [-0.25, -0.2) is 9.97 Å². The van der Waals surface area contributed by atoms with Crippen LogP contribution in [0.25, 0.3) is 11.0 Å². The van der Waals surface area contributed by atoms with Crippen molar-refractivity contribution in [3.05, 3.63) is 60.3 Å². The number of esters is 1. The van der Waals surface area contributed by atoms with Crippen LogP contribution in [-0.4, -0.2) is 48.2 Å². The van der Waals surface area contributed by atoms with E-state index in [2.05, 4.69) is 28.0 Å². The van der Waals surface area contributed by atoms with E-state index in [-0.39, 0.29) is 6.10 Å². The zero-order valence-corrected chi connectivity index (χ0v) is 19.3. The van der Waals surface area contributed by atoms with Crippen LogP contribution in [-0.2, 0) is 9.53 Å². The van der Waals surface area contributed by atoms with Crippen molar-refractivity contribution in [2.75, 3.05) is 36.0 Å². The third kappa shape index (κ3) is 4.67. The number of anilines is 2. The summed E-state index contributed by atoms with van der Waals surface area (Å²) in [5.74, 6) is -0.997. The predicted molar refractivity (Wildman–Crippen MR) is 132 cm³/mol. The van der Waals surface area contributed by atoms with E-state index < -0.39 is 11.9 Å². The highest BCUT2D eigenvalue weighted by Gasteiger charge is 2.33. The molecule has 5 rings (SSSR count). The van der Waals surface area contributed by atoms with E-state index in [9.17, 15) is 10.1 Å². The molecule has 2 aromatic carbocycles. The summed E-state index contributed by atoms with van der Waals surface area (Å²) in [5.41, 5.74) is 3.02. The smallest absolute Gasteiger partial charge is 0.329 e. The molecule has 7 nitrogen and oxygen atoms in total. The molecule has 1 atom stereocenters. The Morgan fingerprint density at radius 3 is 2.18 bits per heavy atom. The molecule has 174 valence electrons. The zero-order chi connectivity index (χ0) is 23.3. The zero-order valence-electron chi connectivity index (χ0n) is 19.3. The van der Waals surface area contributed by atoms with Gasteiger partial charge in [0.2, 0.25) is 0 Å². The van der Waals surface area contributed by atoms with Crippen molar-refractivity contribution in [3.63, 3.8) is 0 Å². The third-order valence-corrected chi connectivity index (χ3v) is 6.75. The van der Waals surface area contributed by atoms with Gasteiger partial charge in [-0.1, -0.05) is 36.8 Å². The lowest BCUT2D eigenvalue weighted by atomic mass is 9.97. The van der Waals surface area contributed by atoms with E-state index in [1.165, 1.54) is 12.1 Å². The van der Waals surface area contributed by atoms with Gasteiger partial charge in [0.1, 0.15) is 11.8 Å². The quantitative estimate of drug-likeness (QED) is 0.526. The number of nitrogens with zero attached hydrogens (tertiary/aromatic N) is 5. The number of para-hydroxylation sites is 3. The number of rotatable bonds is 5. The highest BCUT2D eigenvalue weighted by atomic mass is 16.5. The summed E-state index contributed by atoms with van der Waals surface area (Å²) >= 11 is 0. The minimum Gasteiger partial charge on any atom is -0.461 e. The molecule has 0 spiro atoms. The summed E-state index contributed by atoms with van der Waals surface area (Å²) in [4.78, 5) is 27.2. The maximum Gasteiger partial charge on any atom is 0.329 e. The molecule has 0 N–H and O–H groups in total. The molecule has 7 heteroatoms. The van der Waals surface area contributed by atoms with Crippen LogP contribution in [0.3, 0.4) is 0 Å². The molecule has 3 aromatic rings. The Labute approximate surface area is 200 Å². The van der Waals surface area contributed by atoms with Crippen molar-refractivity contribution in [2.24, 2.45) is 0 Å². The lowest BCUT2D eigenvalue weighted by molar-refractivity contribution is -0.150. The van der Waals surface area contributed by atoms with Gasteiger partial charge in [-0.05, 0) is 49.9 Å². The summed E-state index contributed by atoms with van der Waals surface area (Å²) in [6.07, 6.45) is 4.90. The predicted octanol–water partition coefficient (Wildman–Crippen LogP) is 4.44. The number of nitriles is 1. The fourth-order valence-electron chi connectivity index (χ4n) is 4.89. The molecule has 0 radical (unpaired) electrons. The van der Waals surface area contributed by atoms with Crippen molar-refractivity contribution in [1.29, 1.82) is 5.26 Å². The maximum atomic E-state index is 13.1. The SMILES string of the molecule is N#C[C@H](C(=O)OC1CCCCC1)c1nc2ccccc2nc1N1CCN(c2ccccc2)CC1. The molecule has 1 saturated carbocycles. The van der Waals surface area contributed by atoms with Gasteiger partial charge in [0.05, 0.1) is 17.1 Å². The van der Waals surface area contributed by atoms with Gasteiger partial charge in [0.25, 0.3) is 0 Å². The molecule has 1 aliphatic carbocycles. The molecular weight excluding hydrogens is 426 g/mol. The summed E-state index contributed by atoms with van der Waals surface area (Å²) < 4.78 is 5.77. The van der Waals surface area contributed by atoms with Crippen molar-refractivity contribution < 1.29 is 9.53 Å². The van der Waals surface area contributed by atoms with E-state index >= 15 is 0 Å². The molecule has 0 unspecified atom stereocenters. The van der Waals surface area contributed by atoms with Crippen LogP contribution in [0.2, 0.25) is 0 Å². The van der Waals surface area contributed by atoms with Crippen LogP contribution < -0.4 is 9.80 Å². The van der Waals surface area contributed by atoms with E-state index in [1.54, 1.807) is 0 Å². The van der Waals surface area contributed by atoms with Crippen LogP contribution in [0.5, 0.6) is 0 Å². The van der Waals surface area contributed by atoms with Crippen LogP contribution in [0.15, 0.2) is 54.6 Å². The Balaban J connectivity index is 1.43. The molecule has 1 aromatic heterocycles. The number of aromatic nitrogens is 2. The van der Waals surface area contributed by atoms with Crippen LogP contribution in [0, 0.1) is 11.3 Å². The second-order valence-electron chi connectivity index (χ2n) is 8.99. The van der Waals surface area contributed by atoms with Crippen molar-refractivity contribution in [1.82, 2.24) is 9.97 Å². The number of hydrogen-bond acceptors (Lipinski definition) is 7. The second-order valence-corrected chi connectivity index (χ2v) is 8.99. The topological polar surface area (TPSA) is 82.3 Å². The van der Waals surface area contributed by atoms with Crippen molar-refractivity contribution in [2.45, 2.75) is 44.1 Å². The number of ether oxygens (including phenoxy) is 1. The summed E-state index contributed by atoms with van der Waals surface area (Å²) in [7, 11) is 0. The highest BCUT2D eigenvalue weighted by Crippen LogP contribution is 2.31. The monoisotopic (exact) mass is 455 g/mol. The first-order chi connectivity index (χ1) is 16.7. The van der Waals surface area contributed by atoms with Crippen LogP contribution in [0.1, 0.15) is 43.7 Å². The van der Waals surface area contributed by atoms with Gasteiger partial charge in [-0.15, -0.1) is 0 Å². The van der Waals surface area contributed by atoms with Gasteiger partial charge in [-0.2, -0.15) is 5.26 Å². The lowest BCUT2D eigenvalue weighted by Crippen LogP contribution is -2.47.